The van der Waals surface area contributed by atoms with Gasteiger partial charge in [0, 0.05) is 12.6 Å². The highest BCUT2D eigenvalue weighted by atomic mass is 16.6. The third kappa shape index (κ3) is 3.18. The van der Waals surface area contributed by atoms with Crippen molar-refractivity contribution in [1.29, 1.82) is 0 Å². The number of hydrogen-bond acceptors (Lipinski definition) is 4. The molecule has 0 spiro atoms. The molecule has 0 radical (unpaired) electrons. The van der Waals surface area contributed by atoms with Crippen LogP contribution in [0.5, 0.6) is 0 Å². The van der Waals surface area contributed by atoms with Crippen LogP contribution in [0.3, 0.4) is 0 Å². The monoisotopic (exact) mass is 345 g/mol. The zero-order chi connectivity index (χ0) is 18.4. The Balaban J connectivity index is 1.70. The normalized spacial score (nSPS) is 24.4. The lowest BCUT2D eigenvalue weighted by molar-refractivity contribution is -0.127. The number of fused-ring (bicyclic) bond motifs is 1. The van der Waals surface area contributed by atoms with Crippen molar-refractivity contribution in [3.8, 4) is 0 Å². The van der Waals surface area contributed by atoms with Crippen molar-refractivity contribution in [2.24, 2.45) is 11.1 Å². The molecular formula is C18H23N3O4. The average molecular weight is 345 g/mol. The molecule has 3 N–H and O–H groups in total. The van der Waals surface area contributed by atoms with Gasteiger partial charge in [-0.15, -0.1) is 0 Å². The van der Waals surface area contributed by atoms with E-state index in [1.165, 1.54) is 0 Å². The van der Waals surface area contributed by atoms with Gasteiger partial charge >= 0.3 is 6.09 Å². The number of benzene rings is 1. The van der Waals surface area contributed by atoms with Crippen molar-refractivity contribution in [3.63, 3.8) is 0 Å². The predicted octanol–water partition coefficient (Wildman–Crippen LogP) is 2.12. The summed E-state index contributed by atoms with van der Waals surface area (Å²) in [5, 5.41) is 2.80. The molecule has 1 saturated carbocycles. The highest BCUT2D eigenvalue weighted by Crippen LogP contribution is 2.52. The number of carbonyl (C=O) groups excluding carboxylic acids is 3. The second kappa shape index (κ2) is 5.75. The minimum atomic E-state index is -0.619. The molecule has 3 amide bonds. The summed E-state index contributed by atoms with van der Waals surface area (Å²) in [5.74, 6) is -0.787. The molecule has 4 rings (SSSR count). The Morgan fingerprint density at radius 3 is 2.48 bits per heavy atom. The summed E-state index contributed by atoms with van der Waals surface area (Å²) in [7, 11) is 0. The number of ether oxygens (including phenoxy) is 1. The van der Waals surface area contributed by atoms with Crippen molar-refractivity contribution >= 4 is 23.6 Å². The zero-order valence-electron chi connectivity index (χ0n) is 14.7. The number of hydrogen-bond donors (Lipinski definition) is 2. The van der Waals surface area contributed by atoms with Crippen molar-refractivity contribution in [3.05, 3.63) is 29.8 Å². The van der Waals surface area contributed by atoms with Crippen LogP contribution >= 0.6 is 0 Å². The van der Waals surface area contributed by atoms with Gasteiger partial charge in [0.1, 0.15) is 5.60 Å². The summed E-state index contributed by atoms with van der Waals surface area (Å²) in [6.07, 6.45) is 0.829. The fourth-order valence-corrected chi connectivity index (χ4v) is 3.50. The lowest BCUT2D eigenvalue weighted by Gasteiger charge is -2.35. The molecule has 1 aliphatic carbocycles. The van der Waals surface area contributed by atoms with E-state index in [4.69, 9.17) is 10.5 Å². The summed E-state index contributed by atoms with van der Waals surface area (Å²) >= 11 is 0. The van der Waals surface area contributed by atoms with Crippen LogP contribution < -0.4 is 11.1 Å². The molecule has 1 aromatic rings. The van der Waals surface area contributed by atoms with Gasteiger partial charge in [0.15, 0.2) is 0 Å². The van der Waals surface area contributed by atoms with Gasteiger partial charge in [0.2, 0.25) is 5.91 Å². The van der Waals surface area contributed by atoms with Crippen molar-refractivity contribution in [2.75, 3.05) is 11.9 Å². The Morgan fingerprint density at radius 1 is 1.24 bits per heavy atom. The molecule has 3 fully saturated rings. The third-order valence-electron chi connectivity index (χ3n) is 4.72. The highest BCUT2D eigenvalue weighted by Gasteiger charge is 2.61. The molecule has 2 aliphatic heterocycles. The highest BCUT2D eigenvalue weighted by molar-refractivity contribution is 6.05. The fraction of sp³-hybridized carbons (Fsp3) is 0.500. The van der Waals surface area contributed by atoms with E-state index in [1.54, 1.807) is 29.2 Å². The van der Waals surface area contributed by atoms with E-state index < -0.39 is 16.9 Å². The first kappa shape index (κ1) is 17.3. The number of nitrogens with zero attached hydrogens (tertiary/aromatic N) is 1. The molecule has 0 unspecified atom stereocenters. The molecule has 3 aliphatic rings. The fourth-order valence-electron chi connectivity index (χ4n) is 3.50. The standard InChI is InChI=1S/C18H23N3O4/c1-17(2,3)25-16(24)21-10-18(8-11(21)9-18)15(23)20-13-7-5-4-6-12(13)14(19)22/h4-7,11H,8-10H2,1-3H3,(H2,19,22)(H,20,23). The Hall–Kier alpha value is -2.57. The Morgan fingerprint density at radius 2 is 1.88 bits per heavy atom. The number of nitrogens with one attached hydrogen (secondary N) is 1. The van der Waals surface area contributed by atoms with Crippen LogP contribution in [0.1, 0.15) is 44.0 Å². The van der Waals surface area contributed by atoms with E-state index >= 15 is 0 Å². The maximum Gasteiger partial charge on any atom is 0.410 e. The molecule has 2 bridgehead atoms. The number of anilines is 1. The number of para-hydroxylation sites is 1. The second-order valence-corrected chi connectivity index (χ2v) is 7.81. The van der Waals surface area contributed by atoms with E-state index in [-0.39, 0.29) is 23.6 Å². The molecule has 2 saturated heterocycles. The Labute approximate surface area is 146 Å². The van der Waals surface area contributed by atoms with Gasteiger partial charge in [-0.25, -0.2) is 4.79 Å². The second-order valence-electron chi connectivity index (χ2n) is 7.81. The molecule has 0 aromatic heterocycles. The van der Waals surface area contributed by atoms with E-state index in [9.17, 15) is 14.4 Å². The molecule has 1 aromatic carbocycles. The number of rotatable bonds is 3. The van der Waals surface area contributed by atoms with Crippen LogP contribution in [0.4, 0.5) is 10.5 Å². The smallest absolute Gasteiger partial charge is 0.410 e. The maximum absolute atomic E-state index is 12.8. The minimum absolute atomic E-state index is 0.0342. The van der Waals surface area contributed by atoms with Crippen molar-refractivity contribution < 1.29 is 19.1 Å². The van der Waals surface area contributed by atoms with Gasteiger partial charge in [-0.2, -0.15) is 0 Å². The van der Waals surface area contributed by atoms with Crippen LogP contribution in [0, 0.1) is 5.41 Å². The topological polar surface area (TPSA) is 102 Å². The summed E-state index contributed by atoms with van der Waals surface area (Å²) in [6.45, 7) is 5.77. The van der Waals surface area contributed by atoms with Gasteiger partial charge in [-0.1, -0.05) is 12.1 Å². The van der Waals surface area contributed by atoms with Gasteiger partial charge in [-0.3, -0.25) is 9.59 Å². The molecule has 2 heterocycles. The molecule has 0 atom stereocenters. The minimum Gasteiger partial charge on any atom is -0.444 e. The summed E-state index contributed by atoms with van der Waals surface area (Å²) in [4.78, 5) is 38.2. The van der Waals surface area contributed by atoms with E-state index in [0.29, 0.717) is 25.1 Å². The number of primary amides is 1. The lowest BCUT2D eigenvalue weighted by atomic mass is 9.69. The van der Waals surface area contributed by atoms with Gasteiger partial charge < -0.3 is 20.7 Å². The Bertz CT molecular complexity index is 732. The molecule has 134 valence electrons. The molecule has 7 nitrogen and oxygen atoms in total. The Kier molecular flexibility index (Phi) is 3.97. The SMILES string of the molecule is CC(C)(C)OC(=O)N1CC2(C(=O)Nc3ccccc3C(N)=O)CC1C2. The zero-order valence-corrected chi connectivity index (χ0v) is 14.7. The maximum atomic E-state index is 12.8. The van der Waals surface area contributed by atoms with Gasteiger partial charge in [0.25, 0.3) is 5.91 Å². The first-order chi connectivity index (χ1) is 11.6. The van der Waals surface area contributed by atoms with Gasteiger partial charge in [0.05, 0.1) is 16.7 Å². The first-order valence-corrected chi connectivity index (χ1v) is 8.31. The van der Waals surface area contributed by atoms with E-state index in [1.807, 2.05) is 20.8 Å². The van der Waals surface area contributed by atoms with Crippen LogP contribution in [-0.2, 0) is 9.53 Å². The molecule has 25 heavy (non-hydrogen) atoms. The van der Waals surface area contributed by atoms with Crippen molar-refractivity contribution in [1.82, 2.24) is 4.90 Å². The number of carbonyl (C=O) groups is 3. The van der Waals surface area contributed by atoms with Gasteiger partial charge in [-0.05, 0) is 45.7 Å². The number of nitrogens with two attached hydrogens (primary N) is 1. The molecule has 7 heteroatoms. The van der Waals surface area contributed by atoms with E-state index in [0.717, 1.165) is 0 Å². The van der Waals surface area contributed by atoms with E-state index in [2.05, 4.69) is 5.32 Å². The lowest BCUT2D eigenvalue weighted by Crippen LogP contribution is -2.44. The largest absolute Gasteiger partial charge is 0.444 e. The average Bonchev–Trinajstić information content (AvgIpc) is 3.02. The first-order valence-electron chi connectivity index (χ1n) is 8.31. The van der Waals surface area contributed by atoms with Crippen LogP contribution in [0.25, 0.3) is 0 Å². The van der Waals surface area contributed by atoms with Crippen molar-refractivity contribution in [2.45, 2.75) is 45.3 Å². The van der Waals surface area contributed by atoms with Crippen LogP contribution in [0.2, 0.25) is 0 Å². The van der Waals surface area contributed by atoms with Crippen LogP contribution in [-0.4, -0.2) is 41.0 Å². The summed E-state index contributed by atoms with van der Waals surface area (Å²) in [6, 6.07) is 6.66. The summed E-state index contributed by atoms with van der Waals surface area (Å²) < 4.78 is 5.41. The third-order valence-corrected chi connectivity index (χ3v) is 4.72. The molecular weight excluding hydrogens is 322 g/mol. The summed E-state index contributed by atoms with van der Waals surface area (Å²) in [5.41, 5.74) is 4.82. The van der Waals surface area contributed by atoms with Crippen LogP contribution in [0.15, 0.2) is 24.3 Å². The predicted molar refractivity (Wildman–Crippen MR) is 92.0 cm³/mol. The number of amides is 3. The quantitative estimate of drug-likeness (QED) is 0.876.